The Kier molecular flexibility index (Phi) is 7.44. The molecule has 1 unspecified atom stereocenters. The first-order chi connectivity index (χ1) is 17.4. The molecule has 0 bridgehead atoms. The summed E-state index contributed by atoms with van der Waals surface area (Å²) >= 11 is 0. The Bertz CT molecular complexity index is 1320. The molecule has 1 saturated heterocycles. The quantitative estimate of drug-likeness (QED) is 0.108. The molecule has 8 nitrogen and oxygen atoms in total. The summed E-state index contributed by atoms with van der Waals surface area (Å²) in [7, 11) is 0. The van der Waals surface area contributed by atoms with E-state index in [-0.39, 0.29) is 23.6 Å². The van der Waals surface area contributed by atoms with Crippen LogP contribution in [0.5, 0.6) is 5.75 Å². The molecule has 1 heterocycles. The molecule has 4 rings (SSSR count). The standard InChI is InChI=1S/C28H26N2O6/c1-2-3-15-36-23-14-8-12-21(17-23)26(31)24-25(20-11-7-13-22(16-20)30(34)35)29(28(33)27(24)32)18-19-9-5-4-6-10-19/h4-14,16-17,25,31H,2-3,15,18H2,1H3. The van der Waals surface area contributed by atoms with Crippen LogP contribution in [0.1, 0.15) is 42.5 Å². The first kappa shape index (κ1) is 24.7. The highest BCUT2D eigenvalue weighted by atomic mass is 16.6. The van der Waals surface area contributed by atoms with E-state index in [1.807, 2.05) is 37.3 Å². The average molecular weight is 487 g/mol. The zero-order chi connectivity index (χ0) is 25.7. The minimum Gasteiger partial charge on any atom is -0.507 e. The van der Waals surface area contributed by atoms with Gasteiger partial charge in [-0.25, -0.2) is 0 Å². The lowest BCUT2D eigenvalue weighted by atomic mass is 9.94. The molecule has 1 atom stereocenters. The largest absolute Gasteiger partial charge is 0.507 e. The predicted octanol–water partition coefficient (Wildman–Crippen LogP) is 5.40. The minimum absolute atomic E-state index is 0.0930. The summed E-state index contributed by atoms with van der Waals surface area (Å²) in [5, 5.41) is 22.7. The van der Waals surface area contributed by atoms with Crippen LogP contribution in [0.2, 0.25) is 0 Å². The van der Waals surface area contributed by atoms with Gasteiger partial charge in [0.15, 0.2) is 0 Å². The van der Waals surface area contributed by atoms with Crippen LogP contribution in [0.4, 0.5) is 5.69 Å². The number of likely N-dealkylation sites (tertiary alicyclic amines) is 1. The van der Waals surface area contributed by atoms with Gasteiger partial charge in [-0.05, 0) is 29.7 Å². The summed E-state index contributed by atoms with van der Waals surface area (Å²) in [5.41, 5.74) is 1.15. The Balaban J connectivity index is 1.82. The molecule has 1 aliphatic rings. The number of amides is 1. The molecule has 0 saturated carbocycles. The van der Waals surface area contributed by atoms with Crippen LogP contribution in [0.25, 0.3) is 5.76 Å². The number of aliphatic hydroxyl groups is 1. The maximum atomic E-state index is 13.2. The van der Waals surface area contributed by atoms with Gasteiger partial charge in [-0.2, -0.15) is 0 Å². The van der Waals surface area contributed by atoms with Gasteiger partial charge in [-0.15, -0.1) is 0 Å². The Morgan fingerprint density at radius 3 is 2.50 bits per heavy atom. The number of nitrogens with zero attached hydrogens (tertiary/aromatic N) is 2. The number of nitro groups is 1. The molecule has 0 radical (unpaired) electrons. The van der Waals surface area contributed by atoms with E-state index < -0.39 is 22.7 Å². The molecule has 36 heavy (non-hydrogen) atoms. The topological polar surface area (TPSA) is 110 Å². The zero-order valence-electron chi connectivity index (χ0n) is 19.8. The number of benzene rings is 3. The molecule has 3 aromatic carbocycles. The fourth-order valence-corrected chi connectivity index (χ4v) is 4.20. The van der Waals surface area contributed by atoms with E-state index in [0.29, 0.717) is 23.5 Å². The molecule has 1 fully saturated rings. The summed E-state index contributed by atoms with van der Waals surface area (Å²) in [4.78, 5) is 38.7. The summed E-state index contributed by atoms with van der Waals surface area (Å²) < 4.78 is 5.73. The van der Waals surface area contributed by atoms with Crippen LogP contribution in [-0.2, 0) is 16.1 Å². The van der Waals surface area contributed by atoms with E-state index in [0.717, 1.165) is 18.4 Å². The Morgan fingerprint density at radius 2 is 1.78 bits per heavy atom. The second-order valence-electron chi connectivity index (χ2n) is 8.49. The monoisotopic (exact) mass is 486 g/mol. The number of rotatable bonds is 9. The van der Waals surface area contributed by atoms with Crippen LogP contribution < -0.4 is 4.74 Å². The van der Waals surface area contributed by atoms with Crippen molar-refractivity contribution in [3.63, 3.8) is 0 Å². The molecule has 1 N–H and O–H groups in total. The van der Waals surface area contributed by atoms with Crippen molar-refractivity contribution in [1.82, 2.24) is 4.90 Å². The van der Waals surface area contributed by atoms with Crippen molar-refractivity contribution in [3.05, 3.63) is 111 Å². The van der Waals surface area contributed by atoms with Gasteiger partial charge in [0, 0.05) is 24.2 Å². The van der Waals surface area contributed by atoms with Gasteiger partial charge in [-0.3, -0.25) is 19.7 Å². The maximum Gasteiger partial charge on any atom is 0.295 e. The second kappa shape index (κ2) is 10.9. The van der Waals surface area contributed by atoms with Crippen LogP contribution in [0.3, 0.4) is 0 Å². The number of Topliss-reactive ketones (excluding diaryl/α,β-unsaturated/α-hetero) is 1. The summed E-state index contributed by atoms with van der Waals surface area (Å²) in [5.74, 6) is -1.47. The van der Waals surface area contributed by atoms with E-state index in [1.165, 1.54) is 23.1 Å². The van der Waals surface area contributed by atoms with Gasteiger partial charge in [0.1, 0.15) is 11.5 Å². The lowest BCUT2D eigenvalue weighted by Gasteiger charge is -2.25. The van der Waals surface area contributed by atoms with Crippen LogP contribution in [0, 0.1) is 10.1 Å². The number of ether oxygens (including phenoxy) is 1. The number of unbranched alkanes of at least 4 members (excludes halogenated alkanes) is 1. The van der Waals surface area contributed by atoms with Gasteiger partial charge in [-0.1, -0.05) is 67.9 Å². The highest BCUT2D eigenvalue weighted by molar-refractivity contribution is 6.46. The normalized spacial score (nSPS) is 16.8. The van der Waals surface area contributed by atoms with Crippen LogP contribution >= 0.6 is 0 Å². The van der Waals surface area contributed by atoms with Crippen molar-refractivity contribution in [1.29, 1.82) is 0 Å². The first-order valence-corrected chi connectivity index (χ1v) is 11.7. The molecule has 8 heteroatoms. The van der Waals surface area contributed by atoms with E-state index in [4.69, 9.17) is 4.74 Å². The third-order valence-electron chi connectivity index (χ3n) is 6.01. The van der Waals surface area contributed by atoms with Gasteiger partial charge in [0.2, 0.25) is 0 Å². The SMILES string of the molecule is CCCCOc1cccc(C(O)=C2C(=O)C(=O)N(Cc3ccccc3)C2c2cccc([N+](=O)[O-])c2)c1. The van der Waals surface area contributed by atoms with Gasteiger partial charge < -0.3 is 14.7 Å². The van der Waals surface area contributed by atoms with Gasteiger partial charge in [0.05, 0.1) is 23.1 Å². The number of aliphatic hydroxyl groups excluding tert-OH is 1. The maximum absolute atomic E-state index is 13.2. The second-order valence-corrected chi connectivity index (χ2v) is 8.49. The predicted molar refractivity (Wildman–Crippen MR) is 134 cm³/mol. The molecule has 3 aromatic rings. The summed E-state index contributed by atoms with van der Waals surface area (Å²) in [6.45, 7) is 2.65. The van der Waals surface area contributed by atoms with E-state index in [9.17, 15) is 24.8 Å². The molecule has 0 aromatic heterocycles. The Labute approximate surface area is 208 Å². The lowest BCUT2D eigenvalue weighted by molar-refractivity contribution is -0.384. The number of nitro benzene ring substituents is 1. The molecular weight excluding hydrogens is 460 g/mol. The molecular formula is C28H26N2O6. The molecule has 1 aliphatic heterocycles. The summed E-state index contributed by atoms with van der Waals surface area (Å²) in [6.07, 6.45) is 1.83. The molecule has 184 valence electrons. The van der Waals surface area contributed by atoms with E-state index in [1.54, 1.807) is 30.3 Å². The van der Waals surface area contributed by atoms with Crippen molar-refractivity contribution in [2.45, 2.75) is 32.4 Å². The van der Waals surface area contributed by atoms with Crippen molar-refractivity contribution >= 4 is 23.1 Å². The van der Waals surface area contributed by atoms with Gasteiger partial charge in [0.25, 0.3) is 17.4 Å². The van der Waals surface area contributed by atoms with Gasteiger partial charge >= 0.3 is 0 Å². The zero-order valence-corrected chi connectivity index (χ0v) is 19.8. The first-order valence-electron chi connectivity index (χ1n) is 11.7. The highest BCUT2D eigenvalue weighted by Crippen LogP contribution is 2.41. The van der Waals surface area contributed by atoms with Crippen molar-refractivity contribution in [2.75, 3.05) is 6.61 Å². The fraction of sp³-hybridized carbons (Fsp3) is 0.214. The molecule has 0 spiro atoms. The van der Waals surface area contributed by atoms with Crippen molar-refractivity contribution in [3.8, 4) is 5.75 Å². The fourth-order valence-electron chi connectivity index (χ4n) is 4.20. The number of ketones is 1. The number of non-ortho nitro benzene ring substituents is 1. The highest BCUT2D eigenvalue weighted by Gasteiger charge is 2.46. The Hall–Kier alpha value is -4.46. The van der Waals surface area contributed by atoms with Crippen LogP contribution in [-0.4, -0.2) is 33.2 Å². The molecule has 0 aliphatic carbocycles. The number of carbonyl (C=O) groups excluding carboxylic acids is 2. The van der Waals surface area contributed by atoms with Crippen molar-refractivity contribution in [2.24, 2.45) is 0 Å². The van der Waals surface area contributed by atoms with E-state index >= 15 is 0 Å². The minimum atomic E-state index is -1.00. The Morgan fingerprint density at radius 1 is 1.03 bits per heavy atom. The smallest absolute Gasteiger partial charge is 0.295 e. The van der Waals surface area contributed by atoms with Crippen molar-refractivity contribution < 1.29 is 24.4 Å². The lowest BCUT2D eigenvalue weighted by Crippen LogP contribution is -2.29. The number of hydrogen-bond donors (Lipinski definition) is 1. The van der Waals surface area contributed by atoms with Crippen LogP contribution in [0.15, 0.2) is 84.4 Å². The number of hydrogen-bond acceptors (Lipinski definition) is 6. The summed E-state index contributed by atoms with van der Waals surface area (Å²) in [6, 6.07) is 20.6. The molecule has 1 amide bonds. The average Bonchev–Trinajstić information content (AvgIpc) is 3.14. The third kappa shape index (κ3) is 5.12. The van der Waals surface area contributed by atoms with E-state index in [2.05, 4.69) is 0 Å². The number of carbonyl (C=O) groups is 2. The third-order valence-corrected chi connectivity index (χ3v) is 6.01.